The highest BCUT2D eigenvalue weighted by Crippen LogP contribution is 2.32. The lowest BCUT2D eigenvalue weighted by Gasteiger charge is -2.23. The third-order valence-electron chi connectivity index (χ3n) is 2.44. The summed E-state index contributed by atoms with van der Waals surface area (Å²) in [6, 6.07) is 0. The van der Waals surface area contributed by atoms with E-state index < -0.39 is 0 Å². The number of ether oxygens (including phenoxy) is 2. The van der Waals surface area contributed by atoms with Crippen molar-refractivity contribution < 1.29 is 14.3 Å². The highest BCUT2D eigenvalue weighted by atomic mass is 16.5. The zero-order chi connectivity index (χ0) is 9.31. The summed E-state index contributed by atoms with van der Waals surface area (Å²) in [4.78, 5) is 11.2. The zero-order valence-corrected chi connectivity index (χ0v) is 7.58. The van der Waals surface area contributed by atoms with Crippen LogP contribution in [0.3, 0.4) is 0 Å². The number of hydrogen-bond acceptors (Lipinski definition) is 3. The summed E-state index contributed by atoms with van der Waals surface area (Å²) in [5, 5.41) is 0. The van der Waals surface area contributed by atoms with Crippen LogP contribution in [-0.2, 0) is 14.3 Å². The highest BCUT2D eigenvalue weighted by molar-refractivity contribution is 6.03. The fourth-order valence-electron chi connectivity index (χ4n) is 1.73. The number of ketones is 1. The second-order valence-corrected chi connectivity index (χ2v) is 3.32. The number of carbonyl (C=O) groups excluding carboxylic acids is 1. The number of rotatable bonds is 1. The minimum absolute atomic E-state index is 0.0800. The van der Waals surface area contributed by atoms with Gasteiger partial charge >= 0.3 is 0 Å². The van der Waals surface area contributed by atoms with Crippen molar-refractivity contribution in [2.75, 3.05) is 13.7 Å². The number of allylic oxidation sites excluding steroid dienone is 1. The molecule has 1 aliphatic carbocycles. The molecule has 3 nitrogen and oxygen atoms in total. The SMILES string of the molecule is COC1=C[C@]2(C=CC1=O)CCCO2. The molecule has 1 spiro atoms. The molecule has 2 aliphatic rings. The van der Waals surface area contributed by atoms with Gasteiger partial charge in [-0.3, -0.25) is 4.79 Å². The van der Waals surface area contributed by atoms with Crippen molar-refractivity contribution in [3.63, 3.8) is 0 Å². The quantitative estimate of drug-likeness (QED) is 0.608. The molecule has 0 unspecified atom stereocenters. The van der Waals surface area contributed by atoms with E-state index in [4.69, 9.17) is 9.47 Å². The van der Waals surface area contributed by atoms with E-state index in [1.165, 1.54) is 13.2 Å². The monoisotopic (exact) mass is 180 g/mol. The average Bonchev–Trinajstić information content (AvgIpc) is 2.59. The summed E-state index contributed by atoms with van der Waals surface area (Å²) in [6.45, 7) is 0.756. The molecule has 0 saturated carbocycles. The van der Waals surface area contributed by atoms with Crippen molar-refractivity contribution in [2.45, 2.75) is 18.4 Å². The van der Waals surface area contributed by atoms with Crippen molar-refractivity contribution in [3.05, 3.63) is 24.0 Å². The van der Waals surface area contributed by atoms with Gasteiger partial charge in [-0.15, -0.1) is 0 Å². The molecular weight excluding hydrogens is 168 g/mol. The van der Waals surface area contributed by atoms with Gasteiger partial charge in [0, 0.05) is 6.61 Å². The van der Waals surface area contributed by atoms with Crippen molar-refractivity contribution >= 4 is 5.78 Å². The van der Waals surface area contributed by atoms with Crippen molar-refractivity contribution in [3.8, 4) is 0 Å². The Morgan fingerprint density at radius 2 is 2.46 bits per heavy atom. The van der Waals surface area contributed by atoms with Crippen LogP contribution in [0.15, 0.2) is 24.0 Å². The van der Waals surface area contributed by atoms with Crippen LogP contribution in [0.5, 0.6) is 0 Å². The molecule has 1 atom stereocenters. The Balaban J connectivity index is 2.28. The molecule has 1 aliphatic heterocycles. The minimum atomic E-state index is -0.362. The predicted molar refractivity (Wildman–Crippen MR) is 47.2 cm³/mol. The molecule has 1 fully saturated rings. The molecule has 13 heavy (non-hydrogen) atoms. The first-order valence-corrected chi connectivity index (χ1v) is 4.40. The normalized spacial score (nSPS) is 32.4. The van der Waals surface area contributed by atoms with E-state index in [-0.39, 0.29) is 11.4 Å². The van der Waals surface area contributed by atoms with Gasteiger partial charge in [-0.2, -0.15) is 0 Å². The Hall–Kier alpha value is -1.09. The van der Waals surface area contributed by atoms with Gasteiger partial charge < -0.3 is 9.47 Å². The van der Waals surface area contributed by atoms with E-state index >= 15 is 0 Å². The maximum Gasteiger partial charge on any atom is 0.219 e. The van der Waals surface area contributed by atoms with Gasteiger partial charge in [-0.05, 0) is 31.1 Å². The Kier molecular flexibility index (Phi) is 1.96. The van der Waals surface area contributed by atoms with Gasteiger partial charge in [0.2, 0.25) is 5.78 Å². The topological polar surface area (TPSA) is 35.5 Å². The van der Waals surface area contributed by atoms with Gasteiger partial charge in [-0.1, -0.05) is 0 Å². The molecule has 3 heteroatoms. The smallest absolute Gasteiger partial charge is 0.219 e. The summed E-state index contributed by atoms with van der Waals surface area (Å²) in [7, 11) is 1.51. The van der Waals surface area contributed by atoms with E-state index in [0.717, 1.165) is 19.4 Å². The first-order valence-electron chi connectivity index (χ1n) is 4.40. The summed E-state index contributed by atoms with van der Waals surface area (Å²) in [5.74, 6) is 0.313. The van der Waals surface area contributed by atoms with Crippen LogP contribution in [0, 0.1) is 0 Å². The second kappa shape index (κ2) is 3.00. The van der Waals surface area contributed by atoms with Crippen LogP contribution in [0.4, 0.5) is 0 Å². The van der Waals surface area contributed by atoms with Gasteiger partial charge in [0.25, 0.3) is 0 Å². The van der Waals surface area contributed by atoms with Crippen LogP contribution in [-0.4, -0.2) is 25.1 Å². The minimum Gasteiger partial charge on any atom is -0.493 e. The van der Waals surface area contributed by atoms with Crippen molar-refractivity contribution in [1.82, 2.24) is 0 Å². The Morgan fingerprint density at radius 3 is 3.08 bits per heavy atom. The summed E-state index contributed by atoms with van der Waals surface area (Å²) in [6.07, 6.45) is 7.10. The molecule has 0 radical (unpaired) electrons. The highest BCUT2D eigenvalue weighted by Gasteiger charge is 2.34. The molecule has 0 N–H and O–H groups in total. The fourth-order valence-corrected chi connectivity index (χ4v) is 1.73. The molecule has 1 heterocycles. The second-order valence-electron chi connectivity index (χ2n) is 3.32. The maximum atomic E-state index is 11.2. The lowest BCUT2D eigenvalue weighted by Crippen LogP contribution is -2.27. The van der Waals surface area contributed by atoms with Gasteiger partial charge in [0.15, 0.2) is 5.76 Å². The van der Waals surface area contributed by atoms with Gasteiger partial charge in [0.05, 0.1) is 7.11 Å². The summed E-state index contributed by atoms with van der Waals surface area (Å²) >= 11 is 0. The molecule has 1 saturated heterocycles. The Morgan fingerprint density at radius 1 is 1.62 bits per heavy atom. The molecule has 0 bridgehead atoms. The first-order chi connectivity index (χ1) is 6.26. The molecule has 0 aromatic rings. The standard InChI is InChI=1S/C10H12O3/c1-12-9-7-10(4-2-6-13-10)5-3-8(9)11/h3,5,7H,2,4,6H2,1H3/t10-/m1/s1. The lowest BCUT2D eigenvalue weighted by atomic mass is 9.93. The molecule has 0 amide bonds. The van der Waals surface area contributed by atoms with Gasteiger partial charge in [0.1, 0.15) is 5.60 Å². The predicted octanol–water partition coefficient (Wildman–Crippen LogP) is 1.20. The lowest BCUT2D eigenvalue weighted by molar-refractivity contribution is -0.114. The average molecular weight is 180 g/mol. The summed E-state index contributed by atoms with van der Waals surface area (Å²) < 4.78 is 10.5. The van der Waals surface area contributed by atoms with Crippen molar-refractivity contribution in [2.24, 2.45) is 0 Å². The first kappa shape index (κ1) is 8.51. The number of methoxy groups -OCH3 is 1. The van der Waals surface area contributed by atoms with E-state index in [1.807, 2.05) is 6.08 Å². The van der Waals surface area contributed by atoms with E-state index in [9.17, 15) is 4.79 Å². The fraction of sp³-hybridized carbons (Fsp3) is 0.500. The largest absolute Gasteiger partial charge is 0.493 e. The van der Waals surface area contributed by atoms with Crippen LogP contribution >= 0.6 is 0 Å². The maximum absolute atomic E-state index is 11.2. The third kappa shape index (κ3) is 1.40. The number of hydrogen-bond donors (Lipinski definition) is 0. The molecule has 0 aromatic carbocycles. The Bertz CT molecular complexity index is 283. The Labute approximate surface area is 77.0 Å². The van der Waals surface area contributed by atoms with Crippen LogP contribution < -0.4 is 0 Å². The molecular formula is C10H12O3. The zero-order valence-electron chi connectivity index (χ0n) is 7.58. The van der Waals surface area contributed by atoms with Crippen molar-refractivity contribution in [1.29, 1.82) is 0 Å². The number of carbonyl (C=O) groups is 1. The van der Waals surface area contributed by atoms with Crippen LogP contribution in [0.25, 0.3) is 0 Å². The van der Waals surface area contributed by atoms with E-state index in [2.05, 4.69) is 0 Å². The summed E-state index contributed by atoms with van der Waals surface area (Å²) in [5.41, 5.74) is -0.362. The van der Waals surface area contributed by atoms with E-state index in [1.54, 1.807) is 6.08 Å². The third-order valence-corrected chi connectivity index (χ3v) is 2.44. The van der Waals surface area contributed by atoms with Gasteiger partial charge in [-0.25, -0.2) is 0 Å². The van der Waals surface area contributed by atoms with Crippen LogP contribution in [0.1, 0.15) is 12.8 Å². The van der Waals surface area contributed by atoms with E-state index in [0.29, 0.717) is 5.76 Å². The molecule has 70 valence electrons. The molecule has 0 aromatic heterocycles. The molecule has 2 rings (SSSR count). The van der Waals surface area contributed by atoms with Crippen LogP contribution in [0.2, 0.25) is 0 Å².